The molecule has 0 unspecified atom stereocenters. The van der Waals surface area contributed by atoms with Crippen LogP contribution in [-0.4, -0.2) is 48.5 Å². The molecule has 0 radical (unpaired) electrons. The summed E-state index contributed by atoms with van der Waals surface area (Å²) in [6.45, 7) is -0.304. The Morgan fingerprint density at radius 2 is 2.26 bits per heavy atom. The van der Waals surface area contributed by atoms with E-state index in [1.807, 2.05) is 0 Å². The van der Waals surface area contributed by atoms with Gasteiger partial charge < -0.3 is 14.9 Å². The van der Waals surface area contributed by atoms with Crippen molar-refractivity contribution in [3.63, 3.8) is 0 Å². The Kier molecular flexibility index (Phi) is 2.73. The van der Waals surface area contributed by atoms with Crippen molar-refractivity contribution in [2.24, 2.45) is 0 Å². The van der Waals surface area contributed by atoms with E-state index in [0.717, 1.165) is 0 Å². The molecule has 1 fully saturated rings. The zero-order chi connectivity index (χ0) is 13.6. The van der Waals surface area contributed by atoms with Crippen molar-refractivity contribution >= 4 is 11.2 Å². The maximum atomic E-state index is 11.5. The average molecular weight is 268 g/mol. The molecule has 1 saturated heterocycles. The minimum Gasteiger partial charge on any atom is -0.394 e. The Bertz CT molecular complexity index is 717. The lowest BCUT2D eigenvalue weighted by molar-refractivity contribution is -0.0432. The van der Waals surface area contributed by atoms with E-state index in [0.29, 0.717) is 0 Å². The minimum absolute atomic E-state index is 0.0881. The van der Waals surface area contributed by atoms with Gasteiger partial charge in [0.2, 0.25) is 0 Å². The van der Waals surface area contributed by atoms with Crippen molar-refractivity contribution in [2.75, 3.05) is 6.61 Å². The highest BCUT2D eigenvalue weighted by molar-refractivity contribution is 5.68. The predicted molar refractivity (Wildman–Crippen MR) is 62.6 cm³/mol. The number of fused-ring (bicyclic) bond motifs is 1. The molecule has 3 atom stereocenters. The second-order valence-corrected chi connectivity index (χ2v) is 4.37. The molecular formula is C10H12N4O5. The fraction of sp³-hybridized carbons (Fsp3) is 0.500. The molecule has 3 rings (SSSR count). The molecule has 0 bridgehead atoms. The van der Waals surface area contributed by atoms with Gasteiger partial charge in [0.25, 0.3) is 5.56 Å². The normalized spacial score (nSPS) is 27.2. The van der Waals surface area contributed by atoms with Crippen molar-refractivity contribution in [2.45, 2.75) is 24.9 Å². The topological polar surface area (TPSA) is 133 Å². The highest BCUT2D eigenvalue weighted by Gasteiger charge is 2.35. The van der Waals surface area contributed by atoms with Crippen LogP contribution in [0, 0.1) is 0 Å². The lowest BCUT2D eigenvalue weighted by Crippen LogP contribution is -2.24. The van der Waals surface area contributed by atoms with Crippen molar-refractivity contribution in [1.82, 2.24) is 19.5 Å². The molecule has 3 heterocycles. The third-order valence-corrected chi connectivity index (χ3v) is 3.16. The zero-order valence-corrected chi connectivity index (χ0v) is 9.74. The number of rotatable bonds is 2. The number of aliphatic hydroxyl groups excluding tert-OH is 2. The smallest absolute Gasteiger partial charge is 0.327 e. The van der Waals surface area contributed by atoms with Crippen LogP contribution in [0.3, 0.4) is 0 Å². The number of nitrogens with zero attached hydrogens (tertiary/aromatic N) is 2. The third kappa shape index (κ3) is 1.87. The molecule has 9 nitrogen and oxygen atoms in total. The predicted octanol–water partition coefficient (Wildman–Crippen LogP) is -1.95. The van der Waals surface area contributed by atoms with Gasteiger partial charge in [-0.1, -0.05) is 0 Å². The van der Waals surface area contributed by atoms with Gasteiger partial charge >= 0.3 is 5.69 Å². The number of hydrogen-bond donors (Lipinski definition) is 4. The van der Waals surface area contributed by atoms with Gasteiger partial charge in [-0.15, -0.1) is 0 Å². The van der Waals surface area contributed by atoms with Crippen LogP contribution in [0.15, 0.2) is 15.9 Å². The van der Waals surface area contributed by atoms with Crippen LogP contribution in [0.5, 0.6) is 0 Å². The van der Waals surface area contributed by atoms with E-state index >= 15 is 0 Å². The lowest BCUT2D eigenvalue weighted by Gasteiger charge is -2.13. The maximum absolute atomic E-state index is 11.5. The van der Waals surface area contributed by atoms with Crippen LogP contribution in [0.25, 0.3) is 11.2 Å². The van der Waals surface area contributed by atoms with Crippen molar-refractivity contribution < 1.29 is 14.9 Å². The molecule has 19 heavy (non-hydrogen) atoms. The molecule has 9 heteroatoms. The Labute approximate surface area is 105 Å². The first-order chi connectivity index (χ1) is 9.10. The first-order valence-corrected chi connectivity index (χ1v) is 5.73. The van der Waals surface area contributed by atoms with Crippen LogP contribution in [-0.2, 0) is 4.74 Å². The van der Waals surface area contributed by atoms with E-state index in [-0.39, 0.29) is 24.2 Å². The highest BCUT2D eigenvalue weighted by atomic mass is 16.5. The van der Waals surface area contributed by atoms with Gasteiger partial charge in [-0.05, 0) is 0 Å². The van der Waals surface area contributed by atoms with E-state index in [1.165, 1.54) is 10.9 Å². The standard InChI is InChI=1S/C10H12N4O5/c15-2-5-4(16)1-6(19-5)14-3-11-7-8(14)12-10(18)13-9(7)17/h3-6,15-16H,1-2H2,(H2,12,13,17,18)/t4-,5-,6-/m1/s1. The van der Waals surface area contributed by atoms with Crippen LogP contribution in [0.2, 0.25) is 0 Å². The largest absolute Gasteiger partial charge is 0.394 e. The molecule has 2 aromatic rings. The van der Waals surface area contributed by atoms with Gasteiger partial charge in [-0.25, -0.2) is 9.78 Å². The number of aliphatic hydroxyl groups is 2. The first kappa shape index (κ1) is 12.1. The van der Waals surface area contributed by atoms with Gasteiger partial charge in [0.15, 0.2) is 5.52 Å². The van der Waals surface area contributed by atoms with Gasteiger partial charge in [0.05, 0.1) is 19.0 Å². The molecule has 0 aromatic carbocycles. The molecule has 0 aliphatic carbocycles. The molecular weight excluding hydrogens is 256 g/mol. The van der Waals surface area contributed by atoms with Gasteiger partial charge in [-0.2, -0.15) is 0 Å². The number of aromatic nitrogens is 4. The SMILES string of the molecule is O=c1[nH]c(=O)c2ncn([C@H]3C[C@@H](O)[C@@H](CO)O3)c2[nH]1. The van der Waals surface area contributed by atoms with Crippen molar-refractivity contribution in [3.8, 4) is 0 Å². The minimum atomic E-state index is -0.804. The summed E-state index contributed by atoms with van der Waals surface area (Å²) in [5.41, 5.74) is -0.916. The lowest BCUT2D eigenvalue weighted by atomic mass is 10.2. The Morgan fingerprint density at radius 3 is 2.95 bits per heavy atom. The van der Waals surface area contributed by atoms with Crippen molar-refractivity contribution in [3.05, 3.63) is 27.2 Å². The molecule has 2 aromatic heterocycles. The van der Waals surface area contributed by atoms with E-state index in [9.17, 15) is 14.7 Å². The van der Waals surface area contributed by atoms with E-state index in [4.69, 9.17) is 9.84 Å². The molecule has 0 saturated carbocycles. The molecule has 1 aliphatic rings. The van der Waals surface area contributed by atoms with E-state index in [1.54, 1.807) is 0 Å². The summed E-state index contributed by atoms with van der Waals surface area (Å²) < 4.78 is 6.91. The van der Waals surface area contributed by atoms with Gasteiger partial charge in [0.1, 0.15) is 18.0 Å². The van der Waals surface area contributed by atoms with Crippen molar-refractivity contribution in [1.29, 1.82) is 0 Å². The molecule has 0 amide bonds. The van der Waals surface area contributed by atoms with E-state index in [2.05, 4.69) is 15.0 Å². The second-order valence-electron chi connectivity index (χ2n) is 4.37. The summed E-state index contributed by atoms with van der Waals surface area (Å²) in [4.78, 5) is 31.2. The summed E-state index contributed by atoms with van der Waals surface area (Å²) in [6.07, 6.45) is -0.481. The summed E-state index contributed by atoms with van der Waals surface area (Å²) >= 11 is 0. The monoisotopic (exact) mass is 268 g/mol. The number of imidazole rings is 1. The molecule has 0 spiro atoms. The quantitative estimate of drug-likeness (QED) is 0.500. The third-order valence-electron chi connectivity index (χ3n) is 3.16. The van der Waals surface area contributed by atoms with E-state index < -0.39 is 29.7 Å². The average Bonchev–Trinajstić information content (AvgIpc) is 2.92. The number of aromatic amines is 2. The number of ether oxygens (including phenoxy) is 1. The Hall–Kier alpha value is -1.97. The first-order valence-electron chi connectivity index (χ1n) is 5.73. The summed E-state index contributed by atoms with van der Waals surface area (Å²) in [7, 11) is 0. The number of hydrogen-bond acceptors (Lipinski definition) is 6. The molecule has 1 aliphatic heterocycles. The Morgan fingerprint density at radius 1 is 1.47 bits per heavy atom. The van der Waals surface area contributed by atoms with Crippen LogP contribution in [0.1, 0.15) is 12.6 Å². The fourth-order valence-electron chi connectivity index (χ4n) is 2.22. The second kappa shape index (κ2) is 4.30. The van der Waals surface area contributed by atoms with Gasteiger partial charge in [-0.3, -0.25) is 19.3 Å². The Balaban J connectivity index is 2.07. The van der Waals surface area contributed by atoms with Crippen LogP contribution in [0.4, 0.5) is 0 Å². The summed E-state index contributed by atoms with van der Waals surface area (Å²) in [5, 5.41) is 18.7. The van der Waals surface area contributed by atoms with Crippen LogP contribution < -0.4 is 11.2 Å². The fourth-order valence-corrected chi connectivity index (χ4v) is 2.22. The molecule has 102 valence electrons. The molecule has 4 N–H and O–H groups in total. The van der Waals surface area contributed by atoms with Gasteiger partial charge in [0, 0.05) is 6.42 Å². The number of H-pyrrole nitrogens is 2. The highest BCUT2D eigenvalue weighted by Crippen LogP contribution is 2.29. The van der Waals surface area contributed by atoms with Crippen LogP contribution >= 0.6 is 0 Å². The summed E-state index contributed by atoms with van der Waals surface area (Å²) in [5.74, 6) is 0. The number of nitrogens with one attached hydrogen (secondary N) is 2. The summed E-state index contributed by atoms with van der Waals surface area (Å²) in [6, 6.07) is 0. The maximum Gasteiger partial charge on any atom is 0.327 e. The zero-order valence-electron chi connectivity index (χ0n) is 9.74.